The van der Waals surface area contributed by atoms with E-state index in [0.29, 0.717) is 48.3 Å². The Kier molecular flexibility index (Phi) is 8.72. The zero-order valence-electron chi connectivity index (χ0n) is 26.6. The number of likely N-dealkylation sites (N-methyl/N-ethyl adjacent to an activating group) is 1. The van der Waals surface area contributed by atoms with Crippen LogP contribution in [0, 0.1) is 0 Å². The molecular formula is C36H35Cl2N7O3. The van der Waals surface area contributed by atoms with Crippen molar-refractivity contribution in [3.05, 3.63) is 88.2 Å². The van der Waals surface area contributed by atoms with Crippen LogP contribution in [0.5, 0.6) is 0 Å². The number of nitrogens with zero attached hydrogens (tertiary/aromatic N) is 5. The lowest BCUT2D eigenvalue weighted by molar-refractivity contribution is -0.119. The van der Waals surface area contributed by atoms with Gasteiger partial charge in [0.1, 0.15) is 5.65 Å². The molecule has 2 aromatic carbocycles. The van der Waals surface area contributed by atoms with E-state index >= 15 is 0 Å². The number of aryl methyl sites for hydroxylation is 1. The SMILES string of the molecule is CN1CCN(C(=O)O)Cc2ccc(-c3nccc(-c4cccc(-c5ccc6c(CNC[C@@H]7CCC(=O)N7)cn(C)c6n5)c4Cl)c3Cl)cc21. The topological polar surface area (TPSA) is 116 Å². The van der Waals surface area contributed by atoms with Gasteiger partial charge in [-0.05, 0) is 41.8 Å². The lowest BCUT2D eigenvalue weighted by Gasteiger charge is -2.20. The maximum atomic E-state index is 11.7. The van der Waals surface area contributed by atoms with Gasteiger partial charge in [-0.2, -0.15) is 0 Å². The van der Waals surface area contributed by atoms with Gasteiger partial charge in [0.2, 0.25) is 5.91 Å². The highest BCUT2D eigenvalue weighted by molar-refractivity contribution is 6.39. The van der Waals surface area contributed by atoms with Gasteiger partial charge < -0.3 is 30.1 Å². The van der Waals surface area contributed by atoms with E-state index < -0.39 is 6.09 Å². The van der Waals surface area contributed by atoms with Crippen molar-refractivity contribution in [2.75, 3.05) is 31.6 Å². The van der Waals surface area contributed by atoms with E-state index in [0.717, 1.165) is 68.8 Å². The van der Waals surface area contributed by atoms with Crippen LogP contribution in [-0.2, 0) is 24.9 Å². The smallest absolute Gasteiger partial charge is 0.407 e. The maximum absolute atomic E-state index is 11.7. The zero-order valence-corrected chi connectivity index (χ0v) is 28.1. The van der Waals surface area contributed by atoms with Gasteiger partial charge in [0.05, 0.1) is 28.0 Å². The standard InChI is InChI=1S/C36H35Cl2N7O3/c1-43-14-15-45(36(47)48)20-22-7-6-21(16-30(22)43)34-33(38)27(12-13-40-34)26-4-3-5-28(32(26)37)29-10-9-25-23(19-44(2)35(25)42-29)17-39-18-24-8-11-31(46)41-24/h3-7,9-10,12-13,16,19,24,39H,8,11,14-15,17-18,20H2,1-2H3,(H,41,46)(H,47,48)/t24-/m0/s1. The number of carbonyl (C=O) groups excluding carboxylic acids is 1. The second-order valence-corrected chi connectivity index (χ2v) is 13.2. The Labute approximate surface area is 288 Å². The molecule has 246 valence electrons. The Bertz CT molecular complexity index is 2060. The lowest BCUT2D eigenvalue weighted by atomic mass is 9.99. The van der Waals surface area contributed by atoms with E-state index in [9.17, 15) is 14.7 Å². The number of carboxylic acid groups (broad SMARTS) is 1. The van der Waals surface area contributed by atoms with Crippen LogP contribution in [0.3, 0.4) is 0 Å². The summed E-state index contributed by atoms with van der Waals surface area (Å²) in [7, 11) is 3.95. The fraction of sp³-hybridized carbons (Fsp3) is 0.278. The molecule has 0 spiro atoms. The molecule has 1 atom stereocenters. The van der Waals surface area contributed by atoms with Crippen LogP contribution in [0.1, 0.15) is 24.0 Å². The third kappa shape index (κ3) is 6.07. The third-order valence-electron chi connectivity index (χ3n) is 9.26. The molecule has 0 radical (unpaired) electrons. The molecule has 2 amide bonds. The second kappa shape index (κ2) is 13.1. The summed E-state index contributed by atoms with van der Waals surface area (Å²) in [5.41, 5.74) is 8.36. The van der Waals surface area contributed by atoms with Crippen molar-refractivity contribution >= 4 is 51.9 Å². The summed E-state index contributed by atoms with van der Waals surface area (Å²) in [6.45, 7) is 2.72. The number of halogens is 2. The average Bonchev–Trinajstić information content (AvgIpc) is 3.58. The monoisotopic (exact) mass is 683 g/mol. The van der Waals surface area contributed by atoms with E-state index in [1.54, 1.807) is 6.20 Å². The van der Waals surface area contributed by atoms with Crippen molar-refractivity contribution in [2.24, 2.45) is 7.05 Å². The predicted molar refractivity (Wildman–Crippen MR) is 189 cm³/mol. The predicted octanol–water partition coefficient (Wildman–Crippen LogP) is 6.57. The summed E-state index contributed by atoms with van der Waals surface area (Å²) < 4.78 is 2.02. The number of amides is 2. The minimum absolute atomic E-state index is 0.119. The van der Waals surface area contributed by atoms with Gasteiger partial charge >= 0.3 is 6.09 Å². The first-order valence-electron chi connectivity index (χ1n) is 15.9. The number of fused-ring (bicyclic) bond motifs is 2. The Morgan fingerprint density at radius 1 is 1.04 bits per heavy atom. The summed E-state index contributed by atoms with van der Waals surface area (Å²) in [6, 6.07) is 17.9. The number of hydrogen-bond donors (Lipinski definition) is 3. The molecule has 5 aromatic rings. The van der Waals surface area contributed by atoms with Gasteiger partial charge in [-0.25, -0.2) is 9.78 Å². The van der Waals surface area contributed by atoms with Crippen LogP contribution in [0.4, 0.5) is 10.5 Å². The molecule has 0 saturated carbocycles. The van der Waals surface area contributed by atoms with Crippen LogP contribution in [0.15, 0.2) is 67.0 Å². The van der Waals surface area contributed by atoms with E-state index in [1.807, 2.05) is 67.2 Å². The quantitative estimate of drug-likeness (QED) is 0.178. The highest BCUT2D eigenvalue weighted by Gasteiger charge is 2.24. The summed E-state index contributed by atoms with van der Waals surface area (Å²) in [5.74, 6) is 0.119. The van der Waals surface area contributed by atoms with Crippen molar-refractivity contribution in [1.29, 1.82) is 0 Å². The summed E-state index contributed by atoms with van der Waals surface area (Å²) >= 11 is 14.2. The van der Waals surface area contributed by atoms with Gasteiger partial charge in [-0.1, -0.05) is 53.5 Å². The first-order chi connectivity index (χ1) is 23.2. The van der Waals surface area contributed by atoms with Crippen LogP contribution in [0.2, 0.25) is 10.0 Å². The van der Waals surface area contributed by atoms with Gasteiger partial charge in [0.25, 0.3) is 0 Å². The lowest BCUT2D eigenvalue weighted by Crippen LogP contribution is -2.35. The van der Waals surface area contributed by atoms with E-state index in [4.69, 9.17) is 28.2 Å². The number of anilines is 1. The van der Waals surface area contributed by atoms with Gasteiger partial charge in [0, 0.05) is 98.5 Å². The molecule has 3 aromatic heterocycles. The van der Waals surface area contributed by atoms with Gasteiger partial charge in [-0.15, -0.1) is 0 Å². The van der Waals surface area contributed by atoms with E-state index in [-0.39, 0.29) is 11.9 Å². The number of pyridine rings is 2. The average molecular weight is 685 g/mol. The Balaban J connectivity index is 1.17. The number of aromatic nitrogens is 3. The Morgan fingerprint density at radius 3 is 2.65 bits per heavy atom. The Morgan fingerprint density at radius 2 is 1.85 bits per heavy atom. The number of hydrogen-bond acceptors (Lipinski definition) is 6. The molecule has 1 fully saturated rings. The molecule has 5 heterocycles. The third-order valence-corrected chi connectivity index (χ3v) is 10.0. The molecule has 0 bridgehead atoms. The minimum Gasteiger partial charge on any atom is -0.465 e. The summed E-state index contributed by atoms with van der Waals surface area (Å²) in [5, 5.41) is 18.1. The normalized spacial score (nSPS) is 16.2. The number of rotatable bonds is 7. The highest BCUT2D eigenvalue weighted by atomic mass is 35.5. The van der Waals surface area contributed by atoms with Crippen molar-refractivity contribution < 1.29 is 14.7 Å². The fourth-order valence-electron chi connectivity index (χ4n) is 6.66. The fourth-order valence-corrected chi connectivity index (χ4v) is 7.31. The van der Waals surface area contributed by atoms with Crippen LogP contribution in [-0.4, -0.2) is 69.3 Å². The summed E-state index contributed by atoms with van der Waals surface area (Å²) in [4.78, 5) is 36.4. The largest absolute Gasteiger partial charge is 0.465 e. The molecule has 0 unspecified atom stereocenters. The van der Waals surface area contributed by atoms with E-state index in [2.05, 4.69) is 32.8 Å². The zero-order chi connectivity index (χ0) is 33.5. The van der Waals surface area contributed by atoms with Gasteiger partial charge in [0.15, 0.2) is 0 Å². The molecule has 12 heteroatoms. The Hall–Kier alpha value is -4.64. The van der Waals surface area contributed by atoms with Crippen molar-refractivity contribution in [2.45, 2.75) is 32.0 Å². The van der Waals surface area contributed by atoms with Crippen LogP contribution >= 0.6 is 23.2 Å². The number of carbonyl (C=O) groups is 2. The molecular weight excluding hydrogens is 649 g/mol. The molecule has 10 nitrogen and oxygen atoms in total. The number of nitrogens with one attached hydrogen (secondary N) is 2. The molecule has 48 heavy (non-hydrogen) atoms. The molecule has 1 saturated heterocycles. The van der Waals surface area contributed by atoms with Gasteiger partial charge in [-0.3, -0.25) is 9.78 Å². The summed E-state index contributed by atoms with van der Waals surface area (Å²) in [6.07, 6.45) is 4.33. The van der Waals surface area contributed by atoms with Crippen molar-refractivity contribution in [3.63, 3.8) is 0 Å². The highest BCUT2D eigenvalue weighted by Crippen LogP contribution is 2.42. The first-order valence-corrected chi connectivity index (χ1v) is 16.6. The maximum Gasteiger partial charge on any atom is 0.407 e. The minimum atomic E-state index is -0.930. The molecule has 0 aliphatic carbocycles. The first kappa shape index (κ1) is 31.9. The molecule has 2 aliphatic heterocycles. The molecule has 3 N–H and O–H groups in total. The number of benzene rings is 2. The van der Waals surface area contributed by atoms with Crippen LogP contribution < -0.4 is 15.5 Å². The van der Waals surface area contributed by atoms with E-state index in [1.165, 1.54) is 4.90 Å². The van der Waals surface area contributed by atoms with Crippen LogP contribution in [0.25, 0.3) is 44.7 Å². The molecule has 7 rings (SSSR count). The van der Waals surface area contributed by atoms with Crippen molar-refractivity contribution in [1.82, 2.24) is 30.1 Å². The second-order valence-electron chi connectivity index (χ2n) is 12.4. The molecule has 2 aliphatic rings. The van der Waals surface area contributed by atoms with Crippen molar-refractivity contribution in [3.8, 4) is 33.6 Å².